The van der Waals surface area contributed by atoms with Crippen LogP contribution in [0.4, 0.5) is 23.7 Å². The van der Waals surface area contributed by atoms with Gasteiger partial charge in [0.15, 0.2) is 0 Å². The summed E-state index contributed by atoms with van der Waals surface area (Å²) in [6.45, 7) is 0. The molecule has 0 radical (unpaired) electrons. The first-order chi connectivity index (χ1) is 7.34. The van der Waals surface area contributed by atoms with Crippen molar-refractivity contribution in [3.8, 4) is 6.07 Å². The third-order valence-electron chi connectivity index (χ3n) is 1.71. The van der Waals surface area contributed by atoms with E-state index in [0.29, 0.717) is 6.07 Å². The van der Waals surface area contributed by atoms with Gasteiger partial charge in [-0.05, 0) is 18.2 Å². The van der Waals surface area contributed by atoms with Crippen LogP contribution in [-0.4, -0.2) is 6.03 Å². The lowest BCUT2D eigenvalue weighted by Crippen LogP contribution is -2.20. The highest BCUT2D eigenvalue weighted by Gasteiger charge is 2.33. The lowest BCUT2D eigenvalue weighted by molar-refractivity contribution is -0.137. The Balaban J connectivity index is 3.23. The van der Waals surface area contributed by atoms with Gasteiger partial charge >= 0.3 is 12.2 Å². The molecule has 4 nitrogen and oxygen atoms in total. The molecule has 2 amide bonds. The predicted octanol–water partition coefficient (Wildman–Crippen LogP) is 2.07. The van der Waals surface area contributed by atoms with Crippen LogP contribution in [0.2, 0.25) is 0 Å². The maximum Gasteiger partial charge on any atom is 0.417 e. The standard InChI is InChI=1S/C9H6F3N3O/c10-9(11,12)7-3-6(15-8(14)16)2-1-5(7)4-13/h1-3H,(H3,14,15,16). The van der Waals surface area contributed by atoms with Gasteiger partial charge in [-0.25, -0.2) is 4.79 Å². The summed E-state index contributed by atoms with van der Waals surface area (Å²) in [6, 6.07) is 3.23. The van der Waals surface area contributed by atoms with Crippen LogP contribution in [-0.2, 0) is 6.18 Å². The number of nitrogens with two attached hydrogens (primary N) is 1. The van der Waals surface area contributed by atoms with Gasteiger partial charge < -0.3 is 11.1 Å². The molecule has 3 N–H and O–H groups in total. The van der Waals surface area contributed by atoms with Crippen LogP contribution >= 0.6 is 0 Å². The van der Waals surface area contributed by atoms with Crippen LogP contribution in [0.5, 0.6) is 0 Å². The Bertz CT molecular complexity index is 462. The Labute approximate surface area is 88.5 Å². The van der Waals surface area contributed by atoms with Crippen molar-refractivity contribution < 1.29 is 18.0 Å². The zero-order valence-electron chi connectivity index (χ0n) is 7.80. The summed E-state index contributed by atoms with van der Waals surface area (Å²) >= 11 is 0. The molecule has 0 aliphatic rings. The molecular weight excluding hydrogens is 223 g/mol. The summed E-state index contributed by atoms with van der Waals surface area (Å²) in [6.07, 6.45) is -4.65. The summed E-state index contributed by atoms with van der Waals surface area (Å²) in [5, 5.41) is 10.5. The number of carbonyl (C=O) groups is 1. The number of urea groups is 1. The van der Waals surface area contributed by atoms with Crippen LogP contribution in [0, 0.1) is 11.3 Å². The number of hydrogen-bond donors (Lipinski definition) is 2. The summed E-state index contributed by atoms with van der Waals surface area (Å²) in [5.74, 6) is 0. The van der Waals surface area contributed by atoms with E-state index < -0.39 is 23.3 Å². The monoisotopic (exact) mass is 229 g/mol. The highest BCUT2D eigenvalue weighted by Crippen LogP contribution is 2.33. The van der Waals surface area contributed by atoms with Crippen molar-refractivity contribution in [3.05, 3.63) is 29.3 Å². The number of primary amides is 1. The first kappa shape index (κ1) is 11.8. The summed E-state index contributed by atoms with van der Waals surface area (Å²) < 4.78 is 37.4. The second kappa shape index (κ2) is 4.10. The molecule has 0 spiro atoms. The van der Waals surface area contributed by atoms with E-state index in [1.165, 1.54) is 12.1 Å². The fourth-order valence-corrected chi connectivity index (χ4v) is 1.10. The van der Waals surface area contributed by atoms with Crippen molar-refractivity contribution >= 4 is 11.7 Å². The van der Waals surface area contributed by atoms with Crippen LogP contribution in [0.15, 0.2) is 18.2 Å². The van der Waals surface area contributed by atoms with Crippen LogP contribution in [0.1, 0.15) is 11.1 Å². The molecule has 0 bridgehead atoms. The first-order valence-electron chi connectivity index (χ1n) is 4.02. The zero-order valence-corrected chi connectivity index (χ0v) is 7.80. The van der Waals surface area contributed by atoms with Crippen molar-refractivity contribution in [3.63, 3.8) is 0 Å². The van der Waals surface area contributed by atoms with Gasteiger partial charge in [0.05, 0.1) is 17.2 Å². The Morgan fingerprint density at radius 3 is 2.50 bits per heavy atom. The first-order valence-corrected chi connectivity index (χ1v) is 4.02. The number of nitriles is 1. The third-order valence-corrected chi connectivity index (χ3v) is 1.71. The number of hydrogen-bond acceptors (Lipinski definition) is 2. The molecule has 0 unspecified atom stereocenters. The second-order valence-corrected chi connectivity index (χ2v) is 2.86. The van der Waals surface area contributed by atoms with E-state index in [1.807, 2.05) is 5.32 Å². The number of amides is 2. The average molecular weight is 229 g/mol. The van der Waals surface area contributed by atoms with Crippen molar-refractivity contribution in [2.24, 2.45) is 5.73 Å². The van der Waals surface area contributed by atoms with Crippen molar-refractivity contribution in [1.29, 1.82) is 5.26 Å². The van der Waals surface area contributed by atoms with Gasteiger partial charge in [-0.3, -0.25) is 0 Å². The molecule has 16 heavy (non-hydrogen) atoms. The molecule has 0 atom stereocenters. The van der Waals surface area contributed by atoms with Crippen LogP contribution in [0.25, 0.3) is 0 Å². The van der Waals surface area contributed by atoms with Gasteiger partial charge in [-0.2, -0.15) is 18.4 Å². The topological polar surface area (TPSA) is 78.9 Å². The molecule has 0 aromatic heterocycles. The molecule has 0 aliphatic heterocycles. The average Bonchev–Trinajstić information content (AvgIpc) is 2.15. The minimum atomic E-state index is -4.65. The number of anilines is 1. The van der Waals surface area contributed by atoms with E-state index in [2.05, 4.69) is 0 Å². The number of halogens is 3. The van der Waals surface area contributed by atoms with E-state index in [9.17, 15) is 18.0 Å². The second-order valence-electron chi connectivity index (χ2n) is 2.86. The van der Waals surface area contributed by atoms with Gasteiger partial charge in [0.2, 0.25) is 0 Å². The maximum atomic E-state index is 12.5. The number of nitrogens with one attached hydrogen (secondary N) is 1. The maximum absolute atomic E-state index is 12.5. The van der Waals surface area contributed by atoms with Crippen molar-refractivity contribution in [2.75, 3.05) is 5.32 Å². The smallest absolute Gasteiger partial charge is 0.351 e. The normalized spacial score (nSPS) is 10.6. The minimum absolute atomic E-state index is 0.112. The highest BCUT2D eigenvalue weighted by molar-refractivity contribution is 5.88. The lowest BCUT2D eigenvalue weighted by atomic mass is 10.1. The molecular formula is C9H6F3N3O. The van der Waals surface area contributed by atoms with Gasteiger partial charge in [0.1, 0.15) is 0 Å². The third kappa shape index (κ3) is 2.63. The fourth-order valence-electron chi connectivity index (χ4n) is 1.10. The largest absolute Gasteiger partial charge is 0.417 e. The highest BCUT2D eigenvalue weighted by atomic mass is 19.4. The van der Waals surface area contributed by atoms with E-state index in [4.69, 9.17) is 11.0 Å². The number of nitrogens with zero attached hydrogens (tertiary/aromatic N) is 1. The van der Waals surface area contributed by atoms with Gasteiger partial charge in [-0.1, -0.05) is 0 Å². The SMILES string of the molecule is N#Cc1ccc(NC(N)=O)cc1C(F)(F)F. The van der Waals surface area contributed by atoms with E-state index in [1.54, 1.807) is 0 Å². The molecule has 1 aromatic carbocycles. The molecule has 0 fully saturated rings. The minimum Gasteiger partial charge on any atom is -0.351 e. The van der Waals surface area contributed by atoms with Gasteiger partial charge in [-0.15, -0.1) is 0 Å². The Morgan fingerprint density at radius 2 is 2.06 bits per heavy atom. The quantitative estimate of drug-likeness (QED) is 0.773. The molecule has 1 aromatic rings. The molecule has 7 heteroatoms. The summed E-state index contributed by atoms with van der Waals surface area (Å²) in [7, 11) is 0. The van der Waals surface area contributed by atoms with Crippen LogP contribution in [0.3, 0.4) is 0 Å². The number of alkyl halides is 3. The van der Waals surface area contributed by atoms with Crippen molar-refractivity contribution in [1.82, 2.24) is 0 Å². The van der Waals surface area contributed by atoms with E-state index >= 15 is 0 Å². The Hall–Kier alpha value is -2.23. The van der Waals surface area contributed by atoms with Crippen molar-refractivity contribution in [2.45, 2.75) is 6.18 Å². The van der Waals surface area contributed by atoms with E-state index in [0.717, 1.165) is 6.07 Å². The predicted molar refractivity (Wildman–Crippen MR) is 49.4 cm³/mol. The molecule has 0 saturated heterocycles. The molecule has 1 rings (SSSR count). The molecule has 0 heterocycles. The molecule has 84 valence electrons. The van der Waals surface area contributed by atoms with E-state index in [-0.39, 0.29) is 5.69 Å². The zero-order chi connectivity index (χ0) is 12.3. The fraction of sp³-hybridized carbons (Fsp3) is 0.111. The Morgan fingerprint density at radius 1 is 1.44 bits per heavy atom. The number of rotatable bonds is 1. The molecule has 0 aliphatic carbocycles. The Kier molecular flexibility index (Phi) is 3.04. The molecule has 0 saturated carbocycles. The lowest BCUT2D eigenvalue weighted by Gasteiger charge is -2.10. The number of carbonyl (C=O) groups excluding carboxylic acids is 1. The summed E-state index contributed by atoms with van der Waals surface area (Å²) in [4.78, 5) is 10.4. The summed E-state index contributed by atoms with van der Waals surface area (Å²) in [5.41, 5.74) is 3.02. The van der Waals surface area contributed by atoms with Crippen LogP contribution < -0.4 is 11.1 Å². The van der Waals surface area contributed by atoms with Gasteiger partial charge in [0.25, 0.3) is 0 Å². The number of benzene rings is 1. The van der Waals surface area contributed by atoms with Gasteiger partial charge in [0, 0.05) is 5.69 Å².